The first-order chi connectivity index (χ1) is 14.2. The minimum absolute atomic E-state index is 0.205. The number of anilines is 4. The molecule has 6 nitrogen and oxygen atoms in total. The molecule has 0 aliphatic carbocycles. The third-order valence-corrected chi connectivity index (χ3v) is 4.96. The number of rotatable bonds is 6. The van der Waals surface area contributed by atoms with E-state index < -0.39 is 0 Å². The van der Waals surface area contributed by atoms with Crippen molar-refractivity contribution in [2.75, 3.05) is 35.7 Å². The summed E-state index contributed by atoms with van der Waals surface area (Å²) in [5.74, 6) is 1.16. The molecule has 4 rings (SSSR count). The molecule has 0 saturated carbocycles. The molecule has 0 atom stereocenters. The quantitative estimate of drug-likeness (QED) is 0.641. The van der Waals surface area contributed by atoms with Crippen molar-refractivity contribution < 1.29 is 9.53 Å². The van der Waals surface area contributed by atoms with Gasteiger partial charge in [-0.3, -0.25) is 4.79 Å². The number of nitrogens with zero attached hydrogens (tertiary/aromatic N) is 2. The van der Waals surface area contributed by atoms with E-state index in [2.05, 4.69) is 44.8 Å². The van der Waals surface area contributed by atoms with Gasteiger partial charge in [0.05, 0.1) is 19.0 Å². The van der Waals surface area contributed by atoms with Crippen LogP contribution < -0.4 is 20.3 Å². The average molecular weight is 388 g/mol. The zero-order valence-electron chi connectivity index (χ0n) is 16.4. The molecule has 0 spiro atoms. The van der Waals surface area contributed by atoms with E-state index in [-0.39, 0.29) is 5.91 Å². The Morgan fingerprint density at radius 1 is 1.00 bits per heavy atom. The largest absolute Gasteiger partial charge is 0.497 e. The lowest BCUT2D eigenvalue weighted by Crippen LogP contribution is -2.17. The van der Waals surface area contributed by atoms with Crippen LogP contribution in [0.1, 0.15) is 23.2 Å². The van der Waals surface area contributed by atoms with Crippen LogP contribution in [0.5, 0.6) is 5.75 Å². The summed E-state index contributed by atoms with van der Waals surface area (Å²) in [6.45, 7) is 2.27. The van der Waals surface area contributed by atoms with E-state index in [4.69, 9.17) is 4.74 Å². The fourth-order valence-electron chi connectivity index (χ4n) is 3.39. The number of hydrogen-bond acceptors (Lipinski definition) is 5. The van der Waals surface area contributed by atoms with Crippen LogP contribution in [0.3, 0.4) is 0 Å². The smallest absolute Gasteiger partial charge is 0.255 e. The molecule has 0 unspecified atom stereocenters. The van der Waals surface area contributed by atoms with E-state index in [0.29, 0.717) is 17.0 Å². The van der Waals surface area contributed by atoms with Crippen molar-refractivity contribution in [3.8, 4) is 5.75 Å². The minimum atomic E-state index is -0.205. The fraction of sp³-hybridized carbons (Fsp3) is 0.217. The Labute approximate surface area is 170 Å². The molecule has 6 heteroatoms. The van der Waals surface area contributed by atoms with Crippen molar-refractivity contribution in [2.24, 2.45) is 0 Å². The van der Waals surface area contributed by atoms with Gasteiger partial charge in [0.1, 0.15) is 11.6 Å². The van der Waals surface area contributed by atoms with Crippen molar-refractivity contribution in [1.29, 1.82) is 0 Å². The Bertz CT molecular complexity index is 965. The number of methoxy groups -OCH3 is 1. The summed E-state index contributed by atoms with van der Waals surface area (Å²) in [5.41, 5.74) is 3.41. The Hall–Kier alpha value is -3.54. The summed E-state index contributed by atoms with van der Waals surface area (Å²) in [7, 11) is 1.58. The van der Waals surface area contributed by atoms with Crippen molar-refractivity contribution in [1.82, 2.24) is 4.98 Å². The van der Waals surface area contributed by atoms with Crippen molar-refractivity contribution in [3.63, 3.8) is 0 Å². The highest BCUT2D eigenvalue weighted by Crippen LogP contribution is 2.24. The number of nitrogens with one attached hydrogen (secondary N) is 2. The summed E-state index contributed by atoms with van der Waals surface area (Å²) < 4.78 is 5.16. The molecule has 1 amide bonds. The van der Waals surface area contributed by atoms with Gasteiger partial charge < -0.3 is 20.3 Å². The molecular formula is C23H24N4O2. The van der Waals surface area contributed by atoms with Crippen molar-refractivity contribution in [2.45, 2.75) is 12.8 Å². The van der Waals surface area contributed by atoms with E-state index in [1.165, 1.54) is 18.5 Å². The monoisotopic (exact) mass is 388 g/mol. The maximum absolute atomic E-state index is 12.4. The third-order valence-electron chi connectivity index (χ3n) is 4.96. The zero-order chi connectivity index (χ0) is 20.1. The highest BCUT2D eigenvalue weighted by atomic mass is 16.5. The minimum Gasteiger partial charge on any atom is -0.497 e. The summed E-state index contributed by atoms with van der Waals surface area (Å²) in [6, 6.07) is 19.1. The highest BCUT2D eigenvalue weighted by Gasteiger charge is 2.12. The van der Waals surface area contributed by atoms with Gasteiger partial charge in [-0.2, -0.15) is 0 Å². The molecule has 2 aromatic carbocycles. The predicted octanol–water partition coefficient (Wildman–Crippen LogP) is 4.69. The van der Waals surface area contributed by atoms with Gasteiger partial charge in [0, 0.05) is 30.0 Å². The number of carbonyl (C=O) groups excluding carboxylic acids is 1. The SMILES string of the molecule is COc1cccc(C(=O)Nc2ccc(Nc3ccc(N4CCCC4)cc3)nc2)c1. The number of aromatic nitrogens is 1. The van der Waals surface area contributed by atoms with Gasteiger partial charge in [-0.15, -0.1) is 0 Å². The Morgan fingerprint density at radius 2 is 1.76 bits per heavy atom. The van der Waals surface area contributed by atoms with E-state index in [0.717, 1.165) is 24.6 Å². The van der Waals surface area contributed by atoms with Crippen LogP contribution in [0.2, 0.25) is 0 Å². The van der Waals surface area contributed by atoms with Crippen LogP contribution in [0.25, 0.3) is 0 Å². The first kappa shape index (κ1) is 18.8. The molecule has 29 heavy (non-hydrogen) atoms. The van der Waals surface area contributed by atoms with Crippen LogP contribution in [-0.4, -0.2) is 31.1 Å². The molecule has 3 aromatic rings. The molecule has 1 aliphatic rings. The van der Waals surface area contributed by atoms with E-state index in [9.17, 15) is 4.79 Å². The van der Waals surface area contributed by atoms with Gasteiger partial charge in [-0.05, 0) is 67.4 Å². The van der Waals surface area contributed by atoms with E-state index >= 15 is 0 Å². The molecule has 1 aliphatic heterocycles. The van der Waals surface area contributed by atoms with Crippen LogP contribution in [0.15, 0.2) is 66.9 Å². The van der Waals surface area contributed by atoms with Crippen molar-refractivity contribution in [3.05, 3.63) is 72.4 Å². The standard InChI is InChI=1S/C23H24N4O2/c1-29-21-6-4-5-17(15-21)23(28)26-19-9-12-22(24-16-19)25-18-7-10-20(11-8-18)27-13-2-3-14-27/h4-12,15-16H,2-3,13-14H2,1H3,(H,24,25)(H,26,28). The number of benzene rings is 2. The zero-order valence-corrected chi connectivity index (χ0v) is 16.4. The fourth-order valence-corrected chi connectivity index (χ4v) is 3.39. The van der Waals surface area contributed by atoms with Crippen LogP contribution in [0.4, 0.5) is 22.9 Å². The third kappa shape index (κ3) is 4.66. The Kier molecular flexibility index (Phi) is 5.61. The topological polar surface area (TPSA) is 66.5 Å². The van der Waals surface area contributed by atoms with Gasteiger partial charge in [-0.1, -0.05) is 6.07 Å². The lowest BCUT2D eigenvalue weighted by atomic mass is 10.2. The Morgan fingerprint density at radius 3 is 2.45 bits per heavy atom. The van der Waals surface area contributed by atoms with Gasteiger partial charge >= 0.3 is 0 Å². The lowest BCUT2D eigenvalue weighted by molar-refractivity contribution is 0.102. The molecule has 1 aromatic heterocycles. The second kappa shape index (κ2) is 8.65. The maximum Gasteiger partial charge on any atom is 0.255 e. The average Bonchev–Trinajstić information content (AvgIpc) is 3.31. The second-order valence-corrected chi connectivity index (χ2v) is 6.98. The van der Waals surface area contributed by atoms with E-state index in [1.54, 1.807) is 37.6 Å². The molecule has 1 saturated heterocycles. The molecule has 2 heterocycles. The molecular weight excluding hydrogens is 364 g/mol. The number of carbonyl (C=O) groups is 1. The first-order valence-corrected chi connectivity index (χ1v) is 9.75. The van der Waals surface area contributed by atoms with E-state index in [1.807, 2.05) is 12.1 Å². The summed E-state index contributed by atoms with van der Waals surface area (Å²) >= 11 is 0. The van der Waals surface area contributed by atoms with Crippen LogP contribution in [-0.2, 0) is 0 Å². The van der Waals surface area contributed by atoms with Gasteiger partial charge in [-0.25, -0.2) is 4.98 Å². The van der Waals surface area contributed by atoms with Gasteiger partial charge in [0.25, 0.3) is 5.91 Å². The first-order valence-electron chi connectivity index (χ1n) is 9.75. The summed E-state index contributed by atoms with van der Waals surface area (Å²) in [6.07, 6.45) is 4.17. The number of amides is 1. The predicted molar refractivity (Wildman–Crippen MR) is 116 cm³/mol. The lowest BCUT2D eigenvalue weighted by Gasteiger charge is -2.17. The molecule has 0 bridgehead atoms. The molecule has 1 fully saturated rings. The summed E-state index contributed by atoms with van der Waals surface area (Å²) in [5, 5.41) is 6.14. The number of ether oxygens (including phenoxy) is 1. The maximum atomic E-state index is 12.4. The number of hydrogen-bond donors (Lipinski definition) is 2. The second-order valence-electron chi connectivity index (χ2n) is 6.98. The normalized spacial score (nSPS) is 13.2. The van der Waals surface area contributed by atoms with Crippen LogP contribution in [0, 0.1) is 0 Å². The summed E-state index contributed by atoms with van der Waals surface area (Å²) in [4.78, 5) is 19.2. The van der Waals surface area contributed by atoms with Crippen molar-refractivity contribution >= 4 is 28.8 Å². The molecule has 2 N–H and O–H groups in total. The van der Waals surface area contributed by atoms with Crippen LogP contribution >= 0.6 is 0 Å². The number of pyridine rings is 1. The highest BCUT2D eigenvalue weighted by molar-refractivity contribution is 6.04. The van der Waals surface area contributed by atoms with Gasteiger partial charge in [0.2, 0.25) is 0 Å². The Balaban J connectivity index is 1.36. The van der Waals surface area contributed by atoms with Gasteiger partial charge in [0.15, 0.2) is 0 Å². The molecule has 148 valence electrons. The molecule has 0 radical (unpaired) electrons.